The van der Waals surface area contributed by atoms with Gasteiger partial charge in [0, 0.05) is 11.3 Å². The summed E-state index contributed by atoms with van der Waals surface area (Å²) in [5.74, 6) is 0.144. The monoisotopic (exact) mass is 294 g/mol. The van der Waals surface area contributed by atoms with Gasteiger partial charge in [-0.1, -0.05) is 12.1 Å². The van der Waals surface area contributed by atoms with Gasteiger partial charge in [0.15, 0.2) is 0 Å². The van der Waals surface area contributed by atoms with Crippen molar-refractivity contribution in [3.63, 3.8) is 0 Å². The molecule has 4 N–H and O–H groups in total. The van der Waals surface area contributed by atoms with E-state index in [0.717, 1.165) is 18.4 Å². The maximum absolute atomic E-state index is 12.1. The van der Waals surface area contributed by atoms with E-state index in [0.29, 0.717) is 11.7 Å². The fourth-order valence-corrected chi connectivity index (χ4v) is 3.37. The Morgan fingerprint density at radius 3 is 2.75 bits per heavy atom. The molecule has 2 rings (SSSR count). The number of nitrogens with one attached hydrogen (secondary N) is 1. The summed E-state index contributed by atoms with van der Waals surface area (Å²) in [4.78, 5) is 12.1. The van der Waals surface area contributed by atoms with Crippen molar-refractivity contribution in [3.05, 3.63) is 29.8 Å². The van der Waals surface area contributed by atoms with Crippen LogP contribution in [0, 0.1) is 0 Å². The molecule has 5 heteroatoms. The normalized spacial score (nSPS) is 23.5. The van der Waals surface area contributed by atoms with Gasteiger partial charge in [-0.15, -0.1) is 0 Å². The molecule has 20 heavy (non-hydrogen) atoms. The average molecular weight is 294 g/mol. The van der Waals surface area contributed by atoms with E-state index in [-0.39, 0.29) is 17.7 Å². The molecular weight excluding hydrogens is 272 g/mol. The highest BCUT2D eigenvalue weighted by Crippen LogP contribution is 2.28. The highest BCUT2D eigenvalue weighted by atomic mass is 32.2. The minimum atomic E-state index is -0.534. The Kier molecular flexibility index (Phi) is 5.31. The summed E-state index contributed by atoms with van der Waals surface area (Å²) >= 11 is 1.87. The van der Waals surface area contributed by atoms with Crippen LogP contribution in [0.5, 0.6) is 5.75 Å². The summed E-state index contributed by atoms with van der Waals surface area (Å²) in [6.45, 7) is 0. The lowest BCUT2D eigenvalue weighted by atomic mass is 10.1. The minimum absolute atomic E-state index is 0.0789. The van der Waals surface area contributed by atoms with Crippen molar-refractivity contribution in [2.75, 3.05) is 6.26 Å². The summed E-state index contributed by atoms with van der Waals surface area (Å²) in [7, 11) is 0. The van der Waals surface area contributed by atoms with Gasteiger partial charge in [-0.05, 0) is 49.6 Å². The molecular formula is C15H22N2O2S. The zero-order valence-corrected chi connectivity index (χ0v) is 12.5. The molecule has 1 fully saturated rings. The number of benzene rings is 1. The van der Waals surface area contributed by atoms with E-state index < -0.39 is 6.04 Å². The number of phenolic OH excluding ortho intramolecular Hbond substituents is 1. The molecule has 0 spiro atoms. The first-order valence-corrected chi connectivity index (χ1v) is 8.24. The molecule has 1 aromatic carbocycles. The number of aromatic hydroxyl groups is 1. The highest BCUT2D eigenvalue weighted by molar-refractivity contribution is 7.99. The van der Waals surface area contributed by atoms with Gasteiger partial charge in [0.1, 0.15) is 5.75 Å². The van der Waals surface area contributed by atoms with Gasteiger partial charge in [0.25, 0.3) is 0 Å². The van der Waals surface area contributed by atoms with Crippen molar-refractivity contribution >= 4 is 17.7 Å². The first kappa shape index (κ1) is 15.2. The molecule has 1 aliphatic carbocycles. The summed E-state index contributed by atoms with van der Waals surface area (Å²) in [5, 5.41) is 12.9. The lowest BCUT2D eigenvalue weighted by molar-refractivity contribution is -0.123. The van der Waals surface area contributed by atoms with Gasteiger partial charge in [-0.2, -0.15) is 11.8 Å². The van der Waals surface area contributed by atoms with E-state index in [9.17, 15) is 9.90 Å². The van der Waals surface area contributed by atoms with Crippen LogP contribution in [-0.4, -0.2) is 34.6 Å². The van der Waals surface area contributed by atoms with Crippen molar-refractivity contribution in [3.8, 4) is 5.75 Å². The SMILES string of the molecule is CSC1CCC(NC(=O)C(N)Cc2ccc(O)cc2)C1. The van der Waals surface area contributed by atoms with Gasteiger partial charge < -0.3 is 16.2 Å². The molecule has 0 saturated heterocycles. The Morgan fingerprint density at radius 1 is 1.45 bits per heavy atom. The zero-order chi connectivity index (χ0) is 14.5. The Hall–Kier alpha value is -1.20. The van der Waals surface area contributed by atoms with E-state index in [2.05, 4.69) is 11.6 Å². The third-order valence-corrected chi connectivity index (χ3v) is 4.89. The topological polar surface area (TPSA) is 75.4 Å². The van der Waals surface area contributed by atoms with E-state index in [1.165, 1.54) is 6.42 Å². The standard InChI is InChI=1S/C15H22N2O2S/c1-20-13-7-4-11(9-13)17-15(19)14(16)8-10-2-5-12(18)6-3-10/h2-3,5-6,11,13-14,18H,4,7-9,16H2,1H3,(H,17,19). The molecule has 1 aromatic rings. The van der Waals surface area contributed by atoms with Crippen LogP contribution in [0.25, 0.3) is 0 Å². The number of hydrogen-bond donors (Lipinski definition) is 3. The average Bonchev–Trinajstić information content (AvgIpc) is 2.89. The summed E-state index contributed by atoms with van der Waals surface area (Å²) in [6, 6.07) is 6.54. The third kappa shape index (κ3) is 4.15. The number of hydrogen-bond acceptors (Lipinski definition) is 4. The number of phenols is 1. The highest BCUT2D eigenvalue weighted by Gasteiger charge is 2.26. The second kappa shape index (κ2) is 6.99. The van der Waals surface area contributed by atoms with Crippen molar-refractivity contribution in [1.82, 2.24) is 5.32 Å². The van der Waals surface area contributed by atoms with Crippen molar-refractivity contribution in [2.24, 2.45) is 5.73 Å². The predicted octanol–water partition coefficient (Wildman–Crippen LogP) is 1.66. The summed E-state index contributed by atoms with van der Waals surface area (Å²) in [6.07, 6.45) is 5.86. The van der Waals surface area contributed by atoms with Crippen molar-refractivity contribution < 1.29 is 9.90 Å². The quantitative estimate of drug-likeness (QED) is 0.772. The summed E-state index contributed by atoms with van der Waals surface area (Å²) < 4.78 is 0. The lowest BCUT2D eigenvalue weighted by Crippen LogP contribution is -2.45. The molecule has 0 heterocycles. The maximum atomic E-state index is 12.1. The summed E-state index contributed by atoms with van der Waals surface area (Å²) in [5.41, 5.74) is 6.91. The molecule has 0 bridgehead atoms. The second-order valence-electron chi connectivity index (χ2n) is 5.35. The number of carbonyl (C=O) groups excluding carboxylic acids is 1. The van der Waals surface area contributed by atoms with Gasteiger partial charge in [0.2, 0.25) is 5.91 Å². The molecule has 0 aliphatic heterocycles. The van der Waals surface area contributed by atoms with Gasteiger partial charge in [-0.25, -0.2) is 0 Å². The number of rotatable bonds is 5. The Balaban J connectivity index is 1.81. The molecule has 1 aliphatic rings. The van der Waals surface area contributed by atoms with Crippen LogP contribution in [0.1, 0.15) is 24.8 Å². The van der Waals surface area contributed by atoms with Crippen LogP contribution in [0.15, 0.2) is 24.3 Å². The zero-order valence-electron chi connectivity index (χ0n) is 11.7. The van der Waals surface area contributed by atoms with Gasteiger partial charge in [0.05, 0.1) is 6.04 Å². The second-order valence-corrected chi connectivity index (χ2v) is 6.49. The number of thioether (sulfide) groups is 1. The molecule has 4 nitrogen and oxygen atoms in total. The van der Waals surface area contributed by atoms with Crippen LogP contribution in [0.2, 0.25) is 0 Å². The minimum Gasteiger partial charge on any atom is -0.508 e. The Bertz CT molecular complexity index is 450. The lowest BCUT2D eigenvalue weighted by Gasteiger charge is -2.17. The number of carbonyl (C=O) groups is 1. The molecule has 0 aromatic heterocycles. The van der Waals surface area contributed by atoms with E-state index in [1.54, 1.807) is 24.3 Å². The van der Waals surface area contributed by atoms with Gasteiger partial charge in [-0.3, -0.25) is 4.79 Å². The Labute approximate surface area is 124 Å². The maximum Gasteiger partial charge on any atom is 0.237 e. The fourth-order valence-electron chi connectivity index (χ4n) is 2.57. The third-order valence-electron chi connectivity index (χ3n) is 3.79. The van der Waals surface area contributed by atoms with Crippen molar-refractivity contribution in [1.29, 1.82) is 0 Å². The van der Waals surface area contributed by atoms with E-state index in [1.807, 2.05) is 11.8 Å². The van der Waals surface area contributed by atoms with E-state index >= 15 is 0 Å². The molecule has 110 valence electrons. The fraction of sp³-hybridized carbons (Fsp3) is 0.533. The largest absolute Gasteiger partial charge is 0.508 e. The molecule has 0 radical (unpaired) electrons. The predicted molar refractivity (Wildman–Crippen MR) is 82.9 cm³/mol. The smallest absolute Gasteiger partial charge is 0.237 e. The van der Waals surface area contributed by atoms with Crippen LogP contribution < -0.4 is 11.1 Å². The van der Waals surface area contributed by atoms with E-state index in [4.69, 9.17) is 5.73 Å². The number of nitrogens with two attached hydrogens (primary N) is 1. The number of amides is 1. The first-order chi connectivity index (χ1) is 9.58. The Morgan fingerprint density at radius 2 is 2.15 bits per heavy atom. The molecule has 3 atom stereocenters. The molecule has 1 saturated carbocycles. The van der Waals surface area contributed by atoms with Crippen LogP contribution in [0.4, 0.5) is 0 Å². The first-order valence-electron chi connectivity index (χ1n) is 6.95. The van der Waals surface area contributed by atoms with Crippen LogP contribution in [0.3, 0.4) is 0 Å². The molecule has 3 unspecified atom stereocenters. The van der Waals surface area contributed by atoms with Crippen LogP contribution in [-0.2, 0) is 11.2 Å². The van der Waals surface area contributed by atoms with Crippen molar-refractivity contribution in [2.45, 2.75) is 43.0 Å². The van der Waals surface area contributed by atoms with Crippen LogP contribution >= 0.6 is 11.8 Å². The van der Waals surface area contributed by atoms with Gasteiger partial charge >= 0.3 is 0 Å². The molecule has 1 amide bonds.